The average molecular weight is 352 g/mol. The van der Waals surface area contributed by atoms with Crippen LogP contribution in [0.2, 0.25) is 0 Å². The Morgan fingerprint density at radius 3 is 2.69 bits per heavy atom. The molecule has 1 aliphatic rings. The molecule has 0 N–H and O–H groups in total. The van der Waals surface area contributed by atoms with Gasteiger partial charge < -0.3 is 4.90 Å². The average Bonchev–Trinajstić information content (AvgIpc) is 3.00. The Morgan fingerprint density at radius 2 is 2.00 bits per heavy atom. The molecule has 2 aromatic heterocycles. The molecule has 138 valence electrons. The van der Waals surface area contributed by atoms with E-state index in [1.165, 1.54) is 5.56 Å². The van der Waals surface area contributed by atoms with Gasteiger partial charge in [0.25, 0.3) is 0 Å². The van der Waals surface area contributed by atoms with Crippen molar-refractivity contribution >= 4 is 11.6 Å². The van der Waals surface area contributed by atoms with Crippen molar-refractivity contribution in [1.29, 1.82) is 0 Å². The third-order valence-electron chi connectivity index (χ3n) is 4.64. The van der Waals surface area contributed by atoms with E-state index in [4.69, 9.17) is 9.97 Å². The molecule has 0 saturated carbocycles. The lowest BCUT2D eigenvalue weighted by atomic mass is 9.90. The molecule has 1 aliphatic carbocycles. The maximum absolute atomic E-state index is 12.5. The molecule has 2 heterocycles. The molecule has 5 nitrogen and oxygen atoms in total. The summed E-state index contributed by atoms with van der Waals surface area (Å²) in [4.78, 5) is 28.5. The van der Waals surface area contributed by atoms with E-state index in [1.807, 2.05) is 31.0 Å². The van der Waals surface area contributed by atoms with Crippen LogP contribution in [0.15, 0.2) is 18.3 Å². The number of hydrogen-bond acceptors (Lipinski definition) is 5. The number of likely N-dealkylation sites (N-methyl/N-ethyl adjacent to an activating group) is 1. The minimum absolute atomic E-state index is 0.00176. The molecule has 2 aromatic rings. The highest BCUT2D eigenvalue weighted by Crippen LogP contribution is 2.31. The monoisotopic (exact) mass is 352 g/mol. The third-order valence-corrected chi connectivity index (χ3v) is 4.64. The minimum atomic E-state index is 0.00176. The number of nitrogens with zero attached hydrogens (tertiary/aromatic N) is 4. The second-order valence-corrected chi connectivity index (χ2v) is 8.45. The van der Waals surface area contributed by atoms with E-state index in [2.05, 4.69) is 25.8 Å². The third kappa shape index (κ3) is 4.09. The van der Waals surface area contributed by atoms with Crippen LogP contribution in [0, 0.1) is 12.3 Å². The van der Waals surface area contributed by atoms with Crippen molar-refractivity contribution in [2.45, 2.75) is 53.4 Å². The maximum Gasteiger partial charge on any atom is 0.180 e. The summed E-state index contributed by atoms with van der Waals surface area (Å²) in [5, 5.41) is 0. The van der Waals surface area contributed by atoms with Gasteiger partial charge >= 0.3 is 0 Å². The van der Waals surface area contributed by atoms with Crippen molar-refractivity contribution in [2.75, 3.05) is 18.5 Å². The first-order valence-electron chi connectivity index (χ1n) is 9.29. The first-order valence-corrected chi connectivity index (χ1v) is 9.29. The first-order chi connectivity index (χ1) is 12.2. The van der Waals surface area contributed by atoms with E-state index in [9.17, 15) is 4.79 Å². The number of rotatable bonds is 5. The number of carbonyl (C=O) groups excluding carboxylic acids is 1. The van der Waals surface area contributed by atoms with Crippen LogP contribution >= 0.6 is 0 Å². The van der Waals surface area contributed by atoms with Gasteiger partial charge in [0, 0.05) is 30.9 Å². The van der Waals surface area contributed by atoms with Gasteiger partial charge in [0.15, 0.2) is 11.6 Å². The summed E-state index contributed by atoms with van der Waals surface area (Å²) < 4.78 is 0. The van der Waals surface area contributed by atoms with Gasteiger partial charge in [-0.1, -0.05) is 26.8 Å². The van der Waals surface area contributed by atoms with Gasteiger partial charge in [0.2, 0.25) is 0 Å². The second-order valence-electron chi connectivity index (χ2n) is 8.45. The van der Waals surface area contributed by atoms with E-state index in [-0.39, 0.29) is 11.2 Å². The Kier molecular flexibility index (Phi) is 5.08. The summed E-state index contributed by atoms with van der Waals surface area (Å²) in [5.74, 6) is 1.78. The van der Waals surface area contributed by atoms with E-state index < -0.39 is 0 Å². The zero-order valence-electron chi connectivity index (χ0n) is 16.5. The van der Waals surface area contributed by atoms with Crippen LogP contribution in [-0.2, 0) is 17.6 Å². The number of aryl methyl sites for hydroxylation is 2. The fourth-order valence-corrected chi connectivity index (χ4v) is 3.54. The summed E-state index contributed by atoms with van der Waals surface area (Å²) in [6.45, 7) is 8.68. The van der Waals surface area contributed by atoms with Gasteiger partial charge in [-0.3, -0.25) is 9.78 Å². The highest BCUT2D eigenvalue weighted by atomic mass is 16.1. The van der Waals surface area contributed by atoms with Crippen LogP contribution in [0.5, 0.6) is 0 Å². The van der Waals surface area contributed by atoms with Gasteiger partial charge in [0.1, 0.15) is 11.5 Å². The number of carbonyl (C=O) groups is 1. The lowest BCUT2D eigenvalue weighted by molar-refractivity contribution is -0.119. The molecule has 0 radical (unpaired) electrons. The van der Waals surface area contributed by atoms with Gasteiger partial charge in [-0.15, -0.1) is 0 Å². The zero-order chi connectivity index (χ0) is 18.9. The molecule has 0 spiro atoms. The zero-order valence-corrected chi connectivity index (χ0v) is 16.5. The molecular weight excluding hydrogens is 324 g/mol. The predicted octanol–water partition coefficient (Wildman–Crippen LogP) is 3.78. The fourth-order valence-electron chi connectivity index (χ4n) is 3.54. The molecule has 0 unspecified atom stereocenters. The fraction of sp³-hybridized carbons (Fsp3) is 0.524. The molecule has 3 rings (SSSR count). The van der Waals surface area contributed by atoms with Crippen molar-refractivity contribution < 1.29 is 4.79 Å². The van der Waals surface area contributed by atoms with Gasteiger partial charge in [-0.25, -0.2) is 9.97 Å². The summed E-state index contributed by atoms with van der Waals surface area (Å²) in [6, 6.07) is 3.94. The topological polar surface area (TPSA) is 59.0 Å². The summed E-state index contributed by atoms with van der Waals surface area (Å²) >= 11 is 0. The first kappa shape index (κ1) is 18.5. The largest absolute Gasteiger partial charge is 0.352 e. The maximum atomic E-state index is 12.5. The van der Waals surface area contributed by atoms with Crippen LogP contribution in [0.25, 0.3) is 11.5 Å². The predicted molar refractivity (Wildman–Crippen MR) is 104 cm³/mol. The Balaban J connectivity index is 1.94. The van der Waals surface area contributed by atoms with Gasteiger partial charge in [0.05, 0.1) is 6.54 Å². The molecule has 0 aliphatic heterocycles. The molecular formula is C21H28N4O. The quantitative estimate of drug-likeness (QED) is 0.820. The van der Waals surface area contributed by atoms with Crippen molar-refractivity contribution in [2.24, 2.45) is 5.41 Å². The molecule has 0 atom stereocenters. The number of Topliss-reactive ketones (excluding diaryl/α,β-unsaturated/α-hetero) is 1. The molecule has 0 saturated heterocycles. The van der Waals surface area contributed by atoms with Crippen LogP contribution in [0.4, 0.5) is 5.82 Å². The number of anilines is 1. The SMILES string of the molecule is Cc1cccnc1-c1nc2c(c(N(C)CC(=O)CC(C)(C)C)n1)CCC2. The Morgan fingerprint density at radius 1 is 1.23 bits per heavy atom. The van der Waals surface area contributed by atoms with Crippen LogP contribution in [0.1, 0.15) is 50.4 Å². The lowest BCUT2D eigenvalue weighted by Crippen LogP contribution is -2.30. The molecule has 0 amide bonds. The minimum Gasteiger partial charge on any atom is -0.352 e. The summed E-state index contributed by atoms with van der Waals surface area (Å²) in [5.41, 5.74) is 4.17. The van der Waals surface area contributed by atoms with Crippen LogP contribution in [-0.4, -0.2) is 34.3 Å². The smallest absolute Gasteiger partial charge is 0.180 e. The number of pyridine rings is 1. The highest BCUT2D eigenvalue weighted by Gasteiger charge is 2.24. The molecule has 0 bridgehead atoms. The van der Waals surface area contributed by atoms with E-state index in [1.54, 1.807) is 6.20 Å². The van der Waals surface area contributed by atoms with Gasteiger partial charge in [-0.05, 0) is 43.2 Å². The van der Waals surface area contributed by atoms with E-state index in [0.29, 0.717) is 18.8 Å². The van der Waals surface area contributed by atoms with Gasteiger partial charge in [-0.2, -0.15) is 0 Å². The Bertz CT molecular complexity index is 823. The van der Waals surface area contributed by atoms with E-state index in [0.717, 1.165) is 42.0 Å². The normalized spacial score (nSPS) is 13.6. The molecule has 26 heavy (non-hydrogen) atoms. The highest BCUT2D eigenvalue weighted by molar-refractivity contribution is 5.84. The Labute approximate surface area is 155 Å². The number of ketones is 1. The van der Waals surface area contributed by atoms with Crippen LogP contribution < -0.4 is 4.90 Å². The Hall–Kier alpha value is -2.30. The van der Waals surface area contributed by atoms with Crippen LogP contribution in [0.3, 0.4) is 0 Å². The molecule has 5 heteroatoms. The van der Waals surface area contributed by atoms with E-state index >= 15 is 0 Å². The summed E-state index contributed by atoms with van der Waals surface area (Å²) in [7, 11) is 1.95. The van der Waals surface area contributed by atoms with Crippen molar-refractivity contribution in [1.82, 2.24) is 15.0 Å². The second kappa shape index (κ2) is 7.14. The molecule has 0 aromatic carbocycles. The summed E-state index contributed by atoms with van der Waals surface area (Å²) in [6.07, 6.45) is 5.37. The standard InChI is InChI=1S/C21H28N4O/c1-14-8-7-11-22-18(14)19-23-17-10-6-9-16(17)20(24-19)25(5)13-15(26)12-21(2,3)4/h7-8,11H,6,9-10,12-13H2,1-5H3. The van der Waals surface area contributed by atoms with Crippen molar-refractivity contribution in [3.05, 3.63) is 35.2 Å². The van der Waals surface area contributed by atoms with Crippen molar-refractivity contribution in [3.63, 3.8) is 0 Å². The number of fused-ring (bicyclic) bond motifs is 1. The van der Waals surface area contributed by atoms with Crippen molar-refractivity contribution in [3.8, 4) is 11.5 Å². The lowest BCUT2D eigenvalue weighted by Gasteiger charge is -2.23. The molecule has 0 fully saturated rings. The number of aromatic nitrogens is 3. The number of hydrogen-bond donors (Lipinski definition) is 0.